The van der Waals surface area contributed by atoms with Crippen LogP contribution in [-0.2, 0) is 6.42 Å². The number of piperazine rings is 1. The number of benzene rings is 1. The van der Waals surface area contributed by atoms with Gasteiger partial charge in [0, 0.05) is 48.9 Å². The van der Waals surface area contributed by atoms with Gasteiger partial charge in [-0.2, -0.15) is 0 Å². The fourth-order valence-electron chi connectivity index (χ4n) is 4.13. The van der Waals surface area contributed by atoms with E-state index in [9.17, 15) is 14.7 Å². The van der Waals surface area contributed by atoms with Crippen molar-refractivity contribution in [2.45, 2.75) is 32.4 Å². The number of halogens is 2. The molecule has 140 valence electrons. The van der Waals surface area contributed by atoms with Gasteiger partial charge in [0.2, 0.25) is 5.43 Å². The summed E-state index contributed by atoms with van der Waals surface area (Å²) in [6.07, 6.45) is 1.99. The maximum Gasteiger partial charge on any atom is 0.341 e. The van der Waals surface area contributed by atoms with Crippen molar-refractivity contribution >= 4 is 35.0 Å². The maximum atomic E-state index is 15.0. The molecule has 1 fully saturated rings. The van der Waals surface area contributed by atoms with Gasteiger partial charge in [0.25, 0.3) is 0 Å². The zero-order valence-corrected chi connectivity index (χ0v) is 15.4. The lowest BCUT2D eigenvalue weighted by molar-refractivity contribution is 0.0694. The Morgan fingerprint density at radius 3 is 2.73 bits per heavy atom. The predicted molar refractivity (Wildman–Crippen MR) is 100 cm³/mol. The van der Waals surface area contributed by atoms with Gasteiger partial charge in [-0.05, 0) is 26.3 Å². The molecule has 0 aliphatic carbocycles. The van der Waals surface area contributed by atoms with Gasteiger partial charge >= 0.3 is 5.97 Å². The highest BCUT2D eigenvalue weighted by molar-refractivity contribution is 5.96. The van der Waals surface area contributed by atoms with Crippen molar-refractivity contribution in [2.24, 2.45) is 0 Å². The summed E-state index contributed by atoms with van der Waals surface area (Å²) < 4.78 is 16.8. The minimum Gasteiger partial charge on any atom is -0.477 e. The standard InChI is InChI=1S/C18H20FN3O3.ClH/c1-9-5-11-15-12(17(23)13(18(24)25)8-22(9)15)6-14(19)16(11)21-4-3-20-7-10(21)2;/h6,8-10,20H,3-5,7H2,1-2H3,(H,24,25);1H. The molecule has 0 saturated carbocycles. The topological polar surface area (TPSA) is 74.6 Å². The average molecular weight is 382 g/mol. The number of hydrogen-bond donors (Lipinski definition) is 2. The number of nitrogens with zero attached hydrogens (tertiary/aromatic N) is 2. The van der Waals surface area contributed by atoms with E-state index in [0.29, 0.717) is 24.2 Å². The summed E-state index contributed by atoms with van der Waals surface area (Å²) >= 11 is 0. The third-order valence-electron chi connectivity index (χ3n) is 5.33. The zero-order valence-electron chi connectivity index (χ0n) is 14.6. The summed E-state index contributed by atoms with van der Waals surface area (Å²) in [6, 6.07) is 1.34. The van der Waals surface area contributed by atoms with Crippen molar-refractivity contribution in [3.63, 3.8) is 0 Å². The summed E-state index contributed by atoms with van der Waals surface area (Å²) in [6.45, 7) is 6.25. The molecular weight excluding hydrogens is 361 g/mol. The van der Waals surface area contributed by atoms with Crippen molar-refractivity contribution in [3.05, 3.63) is 39.4 Å². The first-order chi connectivity index (χ1) is 11.9. The SMILES string of the molecule is CC1CNCCN1c1c(F)cc2c(=O)c(C(=O)O)cn3c2c1CC3C.Cl. The quantitative estimate of drug-likeness (QED) is 0.834. The third kappa shape index (κ3) is 2.57. The molecule has 1 aromatic carbocycles. The van der Waals surface area contributed by atoms with E-state index in [-0.39, 0.29) is 35.4 Å². The molecule has 3 heterocycles. The Kier molecular flexibility index (Phi) is 4.71. The Labute approximate surface area is 156 Å². The van der Waals surface area contributed by atoms with Gasteiger partial charge in [0.1, 0.15) is 11.4 Å². The number of carboxylic acids is 1. The molecule has 4 rings (SSSR count). The molecule has 1 saturated heterocycles. The van der Waals surface area contributed by atoms with Crippen molar-refractivity contribution in [1.29, 1.82) is 0 Å². The van der Waals surface area contributed by atoms with Crippen LogP contribution in [0, 0.1) is 5.82 Å². The molecule has 26 heavy (non-hydrogen) atoms. The van der Waals surface area contributed by atoms with Gasteiger partial charge in [-0.15, -0.1) is 12.4 Å². The average Bonchev–Trinajstić information content (AvgIpc) is 2.88. The highest BCUT2D eigenvalue weighted by Crippen LogP contribution is 2.40. The molecule has 0 bridgehead atoms. The van der Waals surface area contributed by atoms with E-state index in [4.69, 9.17) is 0 Å². The smallest absolute Gasteiger partial charge is 0.341 e. The van der Waals surface area contributed by atoms with E-state index in [0.717, 1.165) is 18.7 Å². The molecule has 2 unspecified atom stereocenters. The Hall–Kier alpha value is -2.12. The number of carbonyl (C=O) groups is 1. The molecule has 6 nitrogen and oxygen atoms in total. The summed E-state index contributed by atoms with van der Waals surface area (Å²) in [5.74, 6) is -1.73. The van der Waals surface area contributed by atoms with Crippen LogP contribution in [0.4, 0.5) is 10.1 Å². The Balaban J connectivity index is 0.00000196. The number of pyridine rings is 1. The number of carboxylic acid groups (broad SMARTS) is 1. The molecular formula is C18H21ClFN3O3. The van der Waals surface area contributed by atoms with Crippen LogP contribution in [0.3, 0.4) is 0 Å². The second kappa shape index (κ2) is 6.55. The highest BCUT2D eigenvalue weighted by atomic mass is 35.5. The Morgan fingerprint density at radius 2 is 2.08 bits per heavy atom. The number of anilines is 1. The van der Waals surface area contributed by atoms with Crippen LogP contribution >= 0.6 is 12.4 Å². The van der Waals surface area contributed by atoms with Crippen molar-refractivity contribution in [2.75, 3.05) is 24.5 Å². The fourth-order valence-corrected chi connectivity index (χ4v) is 4.13. The van der Waals surface area contributed by atoms with Gasteiger partial charge in [-0.25, -0.2) is 9.18 Å². The van der Waals surface area contributed by atoms with Crippen LogP contribution in [0.2, 0.25) is 0 Å². The van der Waals surface area contributed by atoms with Crippen molar-refractivity contribution < 1.29 is 14.3 Å². The fraction of sp³-hybridized carbons (Fsp3) is 0.444. The van der Waals surface area contributed by atoms with Gasteiger partial charge < -0.3 is 19.9 Å². The van der Waals surface area contributed by atoms with Crippen LogP contribution in [0.1, 0.15) is 35.8 Å². The lowest BCUT2D eigenvalue weighted by Gasteiger charge is -2.37. The minimum absolute atomic E-state index is 0. The highest BCUT2D eigenvalue weighted by Gasteiger charge is 2.32. The summed E-state index contributed by atoms with van der Waals surface area (Å²) in [5.41, 5.74) is 1.11. The maximum absolute atomic E-state index is 15.0. The normalized spacial score (nSPS) is 21.7. The zero-order chi connectivity index (χ0) is 17.9. The monoisotopic (exact) mass is 381 g/mol. The molecule has 2 aliphatic heterocycles. The third-order valence-corrected chi connectivity index (χ3v) is 5.33. The van der Waals surface area contributed by atoms with Crippen LogP contribution in [0.15, 0.2) is 17.1 Å². The Morgan fingerprint density at radius 1 is 1.35 bits per heavy atom. The molecule has 0 amide bonds. The second-order valence-corrected chi connectivity index (χ2v) is 6.97. The lowest BCUT2D eigenvalue weighted by atomic mass is 10.0. The summed E-state index contributed by atoms with van der Waals surface area (Å²) in [7, 11) is 0. The van der Waals surface area contributed by atoms with E-state index in [1.54, 1.807) is 0 Å². The predicted octanol–water partition coefficient (Wildman–Crippen LogP) is 2.18. The summed E-state index contributed by atoms with van der Waals surface area (Å²) in [4.78, 5) is 26.0. The van der Waals surface area contributed by atoms with Crippen molar-refractivity contribution in [1.82, 2.24) is 9.88 Å². The van der Waals surface area contributed by atoms with Gasteiger partial charge in [-0.1, -0.05) is 0 Å². The number of nitrogens with one attached hydrogen (secondary N) is 1. The molecule has 1 aromatic heterocycles. The van der Waals surface area contributed by atoms with Crippen molar-refractivity contribution in [3.8, 4) is 0 Å². The molecule has 2 aromatic rings. The first kappa shape index (κ1) is 18.7. The van der Waals surface area contributed by atoms with Gasteiger partial charge in [0.05, 0.1) is 11.2 Å². The van der Waals surface area contributed by atoms with E-state index in [1.165, 1.54) is 12.3 Å². The van der Waals surface area contributed by atoms with Crippen LogP contribution in [0.5, 0.6) is 0 Å². The van der Waals surface area contributed by atoms with E-state index < -0.39 is 17.2 Å². The Bertz CT molecular complexity index is 959. The van der Waals surface area contributed by atoms with E-state index >= 15 is 4.39 Å². The van der Waals surface area contributed by atoms with Crippen LogP contribution in [-0.4, -0.2) is 41.3 Å². The van der Waals surface area contributed by atoms with Gasteiger partial charge in [0.15, 0.2) is 0 Å². The first-order valence-corrected chi connectivity index (χ1v) is 8.51. The number of aromatic carboxylic acids is 1. The minimum atomic E-state index is -1.28. The molecule has 2 atom stereocenters. The number of hydrogen-bond acceptors (Lipinski definition) is 4. The first-order valence-electron chi connectivity index (χ1n) is 8.51. The molecule has 8 heteroatoms. The summed E-state index contributed by atoms with van der Waals surface area (Å²) in [5, 5.41) is 12.7. The van der Waals surface area contributed by atoms with E-state index in [1.807, 2.05) is 18.4 Å². The molecule has 2 aliphatic rings. The second-order valence-electron chi connectivity index (χ2n) is 6.97. The largest absolute Gasteiger partial charge is 0.477 e. The van der Waals surface area contributed by atoms with Crippen LogP contribution < -0.4 is 15.6 Å². The molecule has 0 spiro atoms. The van der Waals surface area contributed by atoms with E-state index in [2.05, 4.69) is 10.2 Å². The number of rotatable bonds is 2. The molecule has 2 N–H and O–H groups in total. The lowest BCUT2D eigenvalue weighted by Crippen LogP contribution is -2.50. The van der Waals surface area contributed by atoms with Crippen LogP contribution in [0.25, 0.3) is 10.9 Å². The number of aromatic nitrogens is 1. The molecule has 0 radical (unpaired) electrons. The van der Waals surface area contributed by atoms with Gasteiger partial charge in [-0.3, -0.25) is 4.79 Å².